The van der Waals surface area contributed by atoms with Gasteiger partial charge >= 0.3 is 23.9 Å². The second-order valence-electron chi connectivity index (χ2n) is 19.4. The molecule has 22 nitrogen and oxygen atoms in total. The standard InChI is InChI=1S/C54H91N3O19.H2/c1-40(41(2)58)19-15-16-30-55-48(62)29-27-47(54(71)72)57-50(64)28-24-42(52(67)68)37-45(61)39-76-36-34-74-32-18-21-44(60)38-75-35-33-73-31-17-20-43(59)25-26-46(53(69)70)56-49(63)22-13-11-9-7-5-3-4-6-8-10-12-14-23-51(65)66;/h40,42,46-47H,3-39H2,1-2H3,(H,55,62)(H,56,63)(H,57,64)(H,65,66)(H,67,68)(H,69,70)(H,71,72);1H/t40-,42+,46-,47-;/m0./s1. The fraction of sp³-hybridized carbons (Fsp3) is 0.796. The van der Waals surface area contributed by atoms with Crippen LogP contribution in [0.4, 0.5) is 0 Å². The molecule has 0 aliphatic heterocycles. The lowest BCUT2D eigenvalue weighted by Gasteiger charge is -2.16. The maximum atomic E-state index is 12.5. The minimum Gasteiger partial charge on any atom is -0.481 e. The van der Waals surface area contributed by atoms with E-state index in [9.17, 15) is 68.1 Å². The summed E-state index contributed by atoms with van der Waals surface area (Å²) in [4.78, 5) is 131. The van der Waals surface area contributed by atoms with Gasteiger partial charge in [-0.15, -0.1) is 0 Å². The molecule has 7 N–H and O–H groups in total. The molecule has 438 valence electrons. The molecule has 0 spiro atoms. The Balaban J connectivity index is 0. The second-order valence-corrected chi connectivity index (χ2v) is 19.4. The van der Waals surface area contributed by atoms with Gasteiger partial charge < -0.3 is 55.3 Å². The second kappa shape index (κ2) is 47.1. The molecule has 22 heteroatoms. The Labute approximate surface area is 450 Å². The lowest BCUT2D eigenvalue weighted by molar-refractivity contribution is -0.145. The summed E-state index contributed by atoms with van der Waals surface area (Å²) in [6.07, 6.45) is 14.6. The number of aliphatic carboxylic acids is 4. The number of nitrogens with one attached hydrogen (secondary N) is 3. The van der Waals surface area contributed by atoms with E-state index in [1.807, 2.05) is 6.92 Å². The average Bonchev–Trinajstić information content (AvgIpc) is 3.36. The number of unbranched alkanes of at least 4 members (excludes halogenated alkanes) is 12. The van der Waals surface area contributed by atoms with Crippen LogP contribution >= 0.6 is 0 Å². The van der Waals surface area contributed by atoms with Gasteiger partial charge in [-0.3, -0.25) is 43.2 Å². The summed E-state index contributed by atoms with van der Waals surface area (Å²) in [5.41, 5.74) is 0. The molecule has 0 heterocycles. The number of carboxylic acids is 4. The first-order chi connectivity index (χ1) is 36.3. The fourth-order valence-corrected chi connectivity index (χ4v) is 7.76. The lowest BCUT2D eigenvalue weighted by Crippen LogP contribution is -2.42. The summed E-state index contributed by atoms with van der Waals surface area (Å²) in [6, 6.07) is -2.51. The zero-order chi connectivity index (χ0) is 56.8. The van der Waals surface area contributed by atoms with E-state index in [-0.39, 0.29) is 154 Å². The Morgan fingerprint density at radius 1 is 0.408 bits per heavy atom. The summed E-state index contributed by atoms with van der Waals surface area (Å²) >= 11 is 0. The van der Waals surface area contributed by atoms with Gasteiger partial charge in [0.15, 0.2) is 11.6 Å². The fourth-order valence-electron chi connectivity index (χ4n) is 7.76. The SMILES string of the molecule is CC(=O)[C@@H](C)CCCCNC(=O)CC[C@H](NC(=O)CC[C@H](CC(=O)COCCOCCCC(=O)COCCOCCCC(=O)CC[C@H](NC(=O)CCCCCCCCCCCCCCC(=O)O)C(=O)O)C(=O)O)C(=O)O.[HH]. The highest BCUT2D eigenvalue weighted by Gasteiger charge is 2.26. The lowest BCUT2D eigenvalue weighted by atomic mass is 9.97. The highest BCUT2D eigenvalue weighted by Crippen LogP contribution is 2.16. The monoisotopic (exact) mass is 1090 g/mol. The first kappa shape index (κ1) is 70.8. The van der Waals surface area contributed by atoms with Crippen molar-refractivity contribution in [3.05, 3.63) is 0 Å². The van der Waals surface area contributed by atoms with E-state index in [0.717, 1.165) is 70.6 Å². The molecule has 0 radical (unpaired) electrons. The van der Waals surface area contributed by atoms with E-state index in [2.05, 4.69) is 16.0 Å². The number of carbonyl (C=O) groups excluding carboxylic acids is 7. The molecule has 0 saturated heterocycles. The molecule has 76 heavy (non-hydrogen) atoms. The third-order valence-electron chi connectivity index (χ3n) is 12.6. The number of hydrogen-bond acceptors (Lipinski definition) is 15. The molecule has 0 unspecified atom stereocenters. The molecular formula is C54H93N3O19. The summed E-state index contributed by atoms with van der Waals surface area (Å²) < 4.78 is 21.5. The molecule has 0 rings (SSSR count). The van der Waals surface area contributed by atoms with Crippen LogP contribution in [0.15, 0.2) is 0 Å². The van der Waals surface area contributed by atoms with Gasteiger partial charge in [-0.05, 0) is 64.7 Å². The average molecular weight is 1090 g/mol. The van der Waals surface area contributed by atoms with Gasteiger partial charge in [0.05, 0.1) is 32.3 Å². The third kappa shape index (κ3) is 44.0. The molecule has 4 atom stereocenters. The van der Waals surface area contributed by atoms with Crippen LogP contribution in [0, 0.1) is 11.8 Å². The van der Waals surface area contributed by atoms with Crippen LogP contribution in [0.2, 0.25) is 0 Å². The molecule has 0 aromatic rings. The van der Waals surface area contributed by atoms with Gasteiger partial charge in [0, 0.05) is 78.5 Å². The van der Waals surface area contributed by atoms with Crippen molar-refractivity contribution < 1.29 is 93.5 Å². The van der Waals surface area contributed by atoms with Crippen LogP contribution in [0.3, 0.4) is 0 Å². The summed E-state index contributed by atoms with van der Waals surface area (Å²) in [7, 11) is 0. The van der Waals surface area contributed by atoms with Crippen LogP contribution in [0.25, 0.3) is 0 Å². The predicted molar refractivity (Wildman–Crippen MR) is 280 cm³/mol. The van der Waals surface area contributed by atoms with Crippen LogP contribution in [0.5, 0.6) is 0 Å². The smallest absolute Gasteiger partial charge is 0.326 e. The van der Waals surface area contributed by atoms with Crippen molar-refractivity contribution >= 4 is 64.7 Å². The molecule has 0 aliphatic carbocycles. The molecule has 0 fully saturated rings. The van der Waals surface area contributed by atoms with Gasteiger partial charge in [-0.25, -0.2) is 9.59 Å². The number of carbonyl (C=O) groups is 11. The van der Waals surface area contributed by atoms with Gasteiger partial charge in [0.1, 0.15) is 36.9 Å². The van der Waals surface area contributed by atoms with Crippen molar-refractivity contribution in [2.75, 3.05) is 59.4 Å². The molecule has 0 aliphatic rings. The molecule has 0 aromatic heterocycles. The van der Waals surface area contributed by atoms with Gasteiger partial charge in [-0.2, -0.15) is 0 Å². The van der Waals surface area contributed by atoms with E-state index in [1.165, 1.54) is 13.3 Å². The molecule has 0 aromatic carbocycles. The van der Waals surface area contributed by atoms with Crippen LogP contribution in [0.1, 0.15) is 195 Å². The minimum atomic E-state index is -1.37. The van der Waals surface area contributed by atoms with Crippen LogP contribution in [-0.2, 0) is 71.7 Å². The predicted octanol–water partition coefficient (Wildman–Crippen LogP) is 6.19. The van der Waals surface area contributed by atoms with Crippen molar-refractivity contribution in [2.45, 2.75) is 206 Å². The molecular weight excluding hydrogens is 995 g/mol. The number of carboxylic acid groups (broad SMARTS) is 4. The summed E-state index contributed by atoms with van der Waals surface area (Å²) in [5, 5.41) is 44.8. The molecule has 0 bridgehead atoms. The number of hydrogen-bond donors (Lipinski definition) is 7. The number of ketones is 4. The number of ether oxygens (including phenoxy) is 4. The first-order valence-corrected chi connectivity index (χ1v) is 27.4. The van der Waals surface area contributed by atoms with E-state index in [1.54, 1.807) is 0 Å². The quantitative estimate of drug-likeness (QED) is 0.0334. The van der Waals surface area contributed by atoms with E-state index in [4.69, 9.17) is 24.1 Å². The molecule has 0 saturated carbocycles. The number of Topliss-reactive ketones (excluding diaryl/α,β-unsaturated/α-hetero) is 4. The van der Waals surface area contributed by atoms with Crippen molar-refractivity contribution in [3.63, 3.8) is 0 Å². The van der Waals surface area contributed by atoms with Crippen molar-refractivity contribution in [1.29, 1.82) is 0 Å². The first-order valence-electron chi connectivity index (χ1n) is 27.4. The Bertz CT molecular complexity index is 1730. The van der Waals surface area contributed by atoms with Crippen molar-refractivity contribution in [2.24, 2.45) is 11.8 Å². The number of amides is 3. The Morgan fingerprint density at radius 3 is 1.36 bits per heavy atom. The Morgan fingerprint density at radius 2 is 0.855 bits per heavy atom. The highest BCUT2D eigenvalue weighted by molar-refractivity contribution is 5.87. The number of rotatable bonds is 55. The van der Waals surface area contributed by atoms with Crippen molar-refractivity contribution in [3.8, 4) is 0 Å². The van der Waals surface area contributed by atoms with Gasteiger partial charge in [0.25, 0.3) is 0 Å². The van der Waals surface area contributed by atoms with E-state index in [0.29, 0.717) is 38.6 Å². The van der Waals surface area contributed by atoms with E-state index < -0.39 is 60.0 Å². The molecule has 3 amide bonds. The Hall–Kier alpha value is -5.19. The zero-order valence-corrected chi connectivity index (χ0v) is 45.4. The van der Waals surface area contributed by atoms with Gasteiger partial charge in [0.2, 0.25) is 17.7 Å². The summed E-state index contributed by atoms with van der Waals surface area (Å²) in [5.74, 6) is -8.01. The van der Waals surface area contributed by atoms with Crippen LogP contribution < -0.4 is 16.0 Å². The largest absolute Gasteiger partial charge is 0.481 e. The maximum Gasteiger partial charge on any atom is 0.326 e. The minimum absolute atomic E-state index is 0. The third-order valence-corrected chi connectivity index (χ3v) is 12.6. The van der Waals surface area contributed by atoms with E-state index >= 15 is 0 Å². The Kier molecular flexibility index (Phi) is 43.8. The normalized spacial score (nSPS) is 12.7. The summed E-state index contributed by atoms with van der Waals surface area (Å²) in [6.45, 7) is 4.26. The zero-order valence-electron chi connectivity index (χ0n) is 45.4. The van der Waals surface area contributed by atoms with Crippen LogP contribution in [-0.4, -0.2) is 157 Å². The highest BCUT2D eigenvalue weighted by atomic mass is 16.5. The topological polar surface area (TPSA) is 342 Å². The maximum absolute atomic E-state index is 12.5. The van der Waals surface area contributed by atoms with Gasteiger partial charge in [-0.1, -0.05) is 77.6 Å². The van der Waals surface area contributed by atoms with Crippen molar-refractivity contribution in [1.82, 2.24) is 16.0 Å².